The van der Waals surface area contributed by atoms with Gasteiger partial charge in [0.1, 0.15) is 5.82 Å². The number of ether oxygens (including phenoxy) is 1. The van der Waals surface area contributed by atoms with Crippen LogP contribution < -0.4 is 5.32 Å². The summed E-state index contributed by atoms with van der Waals surface area (Å²) in [6, 6.07) is 8.56. The second-order valence-electron chi connectivity index (χ2n) is 4.93. The number of aromatic nitrogens is 3. The maximum absolute atomic E-state index is 11.1. The van der Waals surface area contributed by atoms with Gasteiger partial charge in [-0.15, -0.1) is 0 Å². The maximum atomic E-state index is 11.1. The number of hydrogen-bond donors (Lipinski definition) is 2. The molecule has 2 N–H and O–H groups in total. The van der Waals surface area contributed by atoms with E-state index in [1.165, 1.54) is 0 Å². The Morgan fingerprint density at radius 3 is 3.04 bits per heavy atom. The second kappa shape index (κ2) is 6.45. The van der Waals surface area contributed by atoms with E-state index in [2.05, 4.69) is 15.4 Å². The molecule has 3 aromatic rings. The number of rotatable bonds is 6. The third-order valence-corrected chi connectivity index (χ3v) is 3.43. The lowest BCUT2D eigenvalue weighted by Gasteiger charge is -2.07. The highest BCUT2D eigenvalue weighted by Crippen LogP contribution is 2.25. The van der Waals surface area contributed by atoms with E-state index in [-0.39, 0.29) is 5.56 Å². The van der Waals surface area contributed by atoms with Crippen LogP contribution in [0.2, 0.25) is 0 Å². The van der Waals surface area contributed by atoms with Crippen molar-refractivity contribution in [1.82, 2.24) is 14.6 Å². The van der Waals surface area contributed by atoms with Crippen LogP contribution in [0, 0.1) is 0 Å². The quantitative estimate of drug-likeness (QED) is 0.678. The predicted octanol–water partition coefficient (Wildman–Crippen LogP) is 2.15. The molecule has 0 aliphatic carbocycles. The Kier molecular flexibility index (Phi) is 4.20. The zero-order valence-corrected chi connectivity index (χ0v) is 12.6. The van der Waals surface area contributed by atoms with Crippen molar-refractivity contribution in [3.05, 3.63) is 48.3 Å². The molecule has 0 unspecified atom stereocenters. The Bertz CT molecular complexity index is 844. The first-order chi connectivity index (χ1) is 11.2. The third-order valence-electron chi connectivity index (χ3n) is 3.43. The molecule has 2 heterocycles. The summed E-state index contributed by atoms with van der Waals surface area (Å²) < 4.78 is 6.72. The van der Waals surface area contributed by atoms with Crippen molar-refractivity contribution in [2.45, 2.75) is 0 Å². The molecule has 7 nitrogen and oxygen atoms in total. The smallest absolute Gasteiger partial charge is 0.335 e. The standard InChI is InChI=1S/C16H16N4O3/c1-23-8-7-17-14-5-6-18-15-13(10-19-20(14)15)11-3-2-4-12(9-11)16(21)22/h2-6,9-10,17H,7-8H2,1H3,(H,21,22). The highest BCUT2D eigenvalue weighted by Gasteiger charge is 2.12. The van der Waals surface area contributed by atoms with Gasteiger partial charge in [0.2, 0.25) is 0 Å². The van der Waals surface area contributed by atoms with Gasteiger partial charge in [0.15, 0.2) is 5.65 Å². The minimum Gasteiger partial charge on any atom is -0.478 e. The fourth-order valence-electron chi connectivity index (χ4n) is 2.33. The van der Waals surface area contributed by atoms with Gasteiger partial charge in [-0.2, -0.15) is 9.61 Å². The molecule has 0 saturated carbocycles. The molecule has 118 valence electrons. The van der Waals surface area contributed by atoms with Crippen LogP contribution in [0.3, 0.4) is 0 Å². The summed E-state index contributed by atoms with van der Waals surface area (Å²) >= 11 is 0. The first-order valence-corrected chi connectivity index (χ1v) is 7.10. The van der Waals surface area contributed by atoms with Crippen molar-refractivity contribution >= 4 is 17.4 Å². The Labute approximate surface area is 132 Å². The van der Waals surface area contributed by atoms with Gasteiger partial charge in [-0.3, -0.25) is 0 Å². The topological polar surface area (TPSA) is 88.8 Å². The number of anilines is 1. The van der Waals surface area contributed by atoms with Crippen molar-refractivity contribution < 1.29 is 14.6 Å². The monoisotopic (exact) mass is 312 g/mol. The number of carbonyl (C=O) groups is 1. The lowest BCUT2D eigenvalue weighted by molar-refractivity contribution is 0.0697. The molecule has 23 heavy (non-hydrogen) atoms. The number of hydrogen-bond acceptors (Lipinski definition) is 5. The van der Waals surface area contributed by atoms with Crippen molar-refractivity contribution in [2.24, 2.45) is 0 Å². The molecular weight excluding hydrogens is 296 g/mol. The lowest BCUT2D eigenvalue weighted by Crippen LogP contribution is -2.11. The van der Waals surface area contributed by atoms with Crippen LogP contribution in [0.1, 0.15) is 10.4 Å². The Morgan fingerprint density at radius 1 is 1.39 bits per heavy atom. The van der Waals surface area contributed by atoms with Gasteiger partial charge in [-0.25, -0.2) is 9.78 Å². The SMILES string of the molecule is COCCNc1ccnc2c(-c3cccc(C(=O)O)c3)cnn12. The number of nitrogens with zero attached hydrogens (tertiary/aromatic N) is 3. The fraction of sp³-hybridized carbons (Fsp3) is 0.188. The molecule has 0 amide bonds. The number of aromatic carboxylic acids is 1. The van der Waals surface area contributed by atoms with E-state index in [4.69, 9.17) is 9.84 Å². The molecular formula is C16H16N4O3. The summed E-state index contributed by atoms with van der Waals surface area (Å²) in [7, 11) is 1.64. The molecule has 3 rings (SSSR count). The van der Waals surface area contributed by atoms with Crippen molar-refractivity contribution in [1.29, 1.82) is 0 Å². The molecule has 0 atom stereocenters. The van der Waals surface area contributed by atoms with E-state index in [0.717, 1.165) is 16.9 Å². The zero-order chi connectivity index (χ0) is 16.2. The normalized spacial score (nSPS) is 10.8. The number of methoxy groups -OCH3 is 1. The van der Waals surface area contributed by atoms with E-state index in [1.54, 1.807) is 42.2 Å². The van der Waals surface area contributed by atoms with Crippen LogP contribution in [0.15, 0.2) is 42.7 Å². The van der Waals surface area contributed by atoms with Gasteiger partial charge >= 0.3 is 5.97 Å². The van der Waals surface area contributed by atoms with E-state index < -0.39 is 5.97 Å². The summed E-state index contributed by atoms with van der Waals surface area (Å²) in [6.07, 6.45) is 3.38. The van der Waals surface area contributed by atoms with Crippen LogP contribution in [0.25, 0.3) is 16.8 Å². The number of carboxylic acid groups (broad SMARTS) is 1. The number of fused-ring (bicyclic) bond motifs is 1. The molecule has 0 bridgehead atoms. The highest BCUT2D eigenvalue weighted by molar-refractivity contribution is 5.90. The van der Waals surface area contributed by atoms with Gasteiger partial charge in [0.25, 0.3) is 0 Å². The van der Waals surface area contributed by atoms with E-state index >= 15 is 0 Å². The molecule has 1 aromatic carbocycles. The van der Waals surface area contributed by atoms with Crippen LogP contribution in [0.4, 0.5) is 5.82 Å². The highest BCUT2D eigenvalue weighted by atomic mass is 16.5. The summed E-state index contributed by atoms with van der Waals surface area (Å²) in [5, 5.41) is 16.7. The predicted molar refractivity (Wildman–Crippen MR) is 85.7 cm³/mol. The summed E-state index contributed by atoms with van der Waals surface area (Å²) in [6.45, 7) is 1.23. The molecule has 7 heteroatoms. The van der Waals surface area contributed by atoms with Crippen LogP contribution in [-0.2, 0) is 4.74 Å². The number of carboxylic acids is 1. The third kappa shape index (κ3) is 3.00. The summed E-state index contributed by atoms with van der Waals surface area (Å²) in [5.74, 6) is -0.161. The average molecular weight is 312 g/mol. The molecule has 0 aliphatic rings. The average Bonchev–Trinajstić information content (AvgIpc) is 3.00. The summed E-state index contributed by atoms with van der Waals surface area (Å²) in [5.41, 5.74) is 2.44. The number of nitrogens with one attached hydrogen (secondary N) is 1. The van der Waals surface area contributed by atoms with E-state index in [0.29, 0.717) is 18.8 Å². The fourth-order valence-corrected chi connectivity index (χ4v) is 2.33. The largest absolute Gasteiger partial charge is 0.478 e. The summed E-state index contributed by atoms with van der Waals surface area (Å²) in [4.78, 5) is 15.5. The first-order valence-electron chi connectivity index (χ1n) is 7.10. The maximum Gasteiger partial charge on any atom is 0.335 e. The number of benzene rings is 1. The second-order valence-corrected chi connectivity index (χ2v) is 4.93. The van der Waals surface area contributed by atoms with Gasteiger partial charge in [-0.05, 0) is 23.8 Å². The van der Waals surface area contributed by atoms with Crippen LogP contribution >= 0.6 is 0 Å². The minimum absolute atomic E-state index is 0.233. The van der Waals surface area contributed by atoms with Crippen molar-refractivity contribution in [3.8, 4) is 11.1 Å². The lowest BCUT2D eigenvalue weighted by atomic mass is 10.1. The molecule has 2 aromatic heterocycles. The first kappa shape index (κ1) is 15.0. The molecule has 0 spiro atoms. The van der Waals surface area contributed by atoms with Crippen LogP contribution in [-0.4, -0.2) is 45.9 Å². The zero-order valence-electron chi connectivity index (χ0n) is 12.6. The van der Waals surface area contributed by atoms with Gasteiger partial charge < -0.3 is 15.2 Å². The van der Waals surface area contributed by atoms with E-state index in [1.807, 2.05) is 12.1 Å². The molecule has 0 aliphatic heterocycles. The van der Waals surface area contributed by atoms with Gasteiger partial charge in [0, 0.05) is 25.4 Å². The molecule has 0 saturated heterocycles. The Balaban J connectivity index is 2.01. The van der Waals surface area contributed by atoms with Gasteiger partial charge in [0.05, 0.1) is 18.4 Å². The minimum atomic E-state index is -0.960. The Morgan fingerprint density at radius 2 is 2.26 bits per heavy atom. The van der Waals surface area contributed by atoms with Crippen LogP contribution in [0.5, 0.6) is 0 Å². The molecule has 0 fully saturated rings. The Hall–Kier alpha value is -2.93. The van der Waals surface area contributed by atoms with Crippen molar-refractivity contribution in [3.63, 3.8) is 0 Å². The van der Waals surface area contributed by atoms with Gasteiger partial charge in [-0.1, -0.05) is 12.1 Å². The van der Waals surface area contributed by atoms with Crippen molar-refractivity contribution in [2.75, 3.05) is 25.6 Å². The molecule has 0 radical (unpaired) electrons. The van der Waals surface area contributed by atoms with E-state index in [9.17, 15) is 4.79 Å².